The second kappa shape index (κ2) is 7.93. The van der Waals surface area contributed by atoms with Crippen LogP contribution in [0.2, 0.25) is 0 Å². The van der Waals surface area contributed by atoms with E-state index in [1.54, 1.807) is 30.3 Å². The third kappa shape index (κ3) is 4.65. The molecule has 2 N–H and O–H groups in total. The highest BCUT2D eigenvalue weighted by Gasteiger charge is 2.15. The second-order valence-electron chi connectivity index (χ2n) is 5.94. The molecule has 0 aliphatic carbocycles. The monoisotopic (exact) mass is 430 g/mol. The van der Waals surface area contributed by atoms with Gasteiger partial charge in [-0.1, -0.05) is 57.9 Å². The Hall–Kier alpha value is -2.31. The van der Waals surface area contributed by atoms with Gasteiger partial charge in [0.1, 0.15) is 0 Å². The number of rotatable bonds is 6. The fourth-order valence-corrected chi connectivity index (χ4v) is 3.99. The van der Waals surface area contributed by atoms with Gasteiger partial charge in [-0.15, -0.1) is 0 Å². The van der Waals surface area contributed by atoms with E-state index in [0.29, 0.717) is 12.2 Å². The third-order valence-corrected chi connectivity index (χ3v) is 5.78. The number of hydrogen-bond donors (Lipinski definition) is 2. The maximum atomic E-state index is 12.6. The van der Waals surface area contributed by atoms with Gasteiger partial charge in [0.25, 0.3) is 10.0 Å². The Kier molecular flexibility index (Phi) is 5.64. The molecule has 0 unspecified atom stereocenters. The fourth-order valence-electron chi connectivity index (χ4n) is 2.49. The van der Waals surface area contributed by atoms with Crippen molar-refractivity contribution < 1.29 is 8.42 Å². The first-order valence-corrected chi connectivity index (χ1v) is 10.4. The van der Waals surface area contributed by atoms with Crippen LogP contribution in [0.4, 0.5) is 11.4 Å². The topological polar surface area (TPSA) is 58.2 Å². The van der Waals surface area contributed by atoms with Crippen LogP contribution >= 0.6 is 15.9 Å². The summed E-state index contributed by atoms with van der Waals surface area (Å²) < 4.78 is 29.0. The summed E-state index contributed by atoms with van der Waals surface area (Å²) in [6.07, 6.45) is 0. The number of benzene rings is 3. The van der Waals surface area contributed by atoms with Crippen molar-refractivity contribution in [2.24, 2.45) is 0 Å². The molecule has 0 amide bonds. The minimum absolute atomic E-state index is 0.248. The van der Waals surface area contributed by atoms with Gasteiger partial charge in [-0.3, -0.25) is 4.72 Å². The SMILES string of the molecule is Cc1ccc(S(=O)(=O)Nc2ccccc2CNc2cccc(Br)c2)cc1. The highest BCUT2D eigenvalue weighted by molar-refractivity contribution is 9.10. The van der Waals surface area contributed by atoms with Crippen LogP contribution in [0.15, 0.2) is 82.2 Å². The first kappa shape index (κ1) is 18.5. The normalized spacial score (nSPS) is 11.2. The molecule has 0 saturated carbocycles. The maximum absolute atomic E-state index is 12.6. The molecule has 3 aromatic rings. The van der Waals surface area contributed by atoms with E-state index >= 15 is 0 Å². The van der Waals surface area contributed by atoms with E-state index in [4.69, 9.17) is 0 Å². The number of nitrogens with one attached hydrogen (secondary N) is 2. The summed E-state index contributed by atoms with van der Waals surface area (Å²) in [4.78, 5) is 0.248. The molecule has 0 aliphatic heterocycles. The lowest BCUT2D eigenvalue weighted by atomic mass is 10.2. The highest BCUT2D eigenvalue weighted by atomic mass is 79.9. The van der Waals surface area contributed by atoms with E-state index < -0.39 is 10.0 Å². The number of hydrogen-bond acceptors (Lipinski definition) is 3. The summed E-state index contributed by atoms with van der Waals surface area (Å²) in [5, 5.41) is 3.31. The second-order valence-corrected chi connectivity index (χ2v) is 8.54. The van der Waals surface area contributed by atoms with Crippen molar-refractivity contribution in [3.05, 3.63) is 88.4 Å². The third-order valence-electron chi connectivity index (χ3n) is 3.90. The molecule has 0 saturated heterocycles. The van der Waals surface area contributed by atoms with Crippen LogP contribution in [0.5, 0.6) is 0 Å². The van der Waals surface area contributed by atoms with Crippen LogP contribution < -0.4 is 10.0 Å². The van der Waals surface area contributed by atoms with Crippen molar-refractivity contribution in [2.45, 2.75) is 18.4 Å². The Morgan fingerprint density at radius 1 is 0.923 bits per heavy atom. The molecule has 0 heterocycles. The smallest absolute Gasteiger partial charge is 0.261 e. The minimum atomic E-state index is -3.63. The van der Waals surface area contributed by atoms with Crippen molar-refractivity contribution in [2.75, 3.05) is 10.0 Å². The number of aryl methyl sites for hydroxylation is 1. The molecular formula is C20H19BrN2O2S. The van der Waals surface area contributed by atoms with Crippen molar-refractivity contribution in [3.63, 3.8) is 0 Å². The van der Waals surface area contributed by atoms with Crippen LogP contribution in [0.3, 0.4) is 0 Å². The van der Waals surface area contributed by atoms with Gasteiger partial charge in [0.15, 0.2) is 0 Å². The molecule has 0 aromatic heterocycles. The number of sulfonamides is 1. The molecule has 3 aromatic carbocycles. The van der Waals surface area contributed by atoms with Crippen molar-refractivity contribution in [1.29, 1.82) is 0 Å². The van der Waals surface area contributed by atoms with Crippen LogP contribution in [0.25, 0.3) is 0 Å². The van der Waals surface area contributed by atoms with Gasteiger partial charge in [0.2, 0.25) is 0 Å². The van der Waals surface area contributed by atoms with E-state index in [0.717, 1.165) is 21.3 Å². The first-order chi connectivity index (χ1) is 12.4. The molecule has 0 aliphatic rings. The van der Waals surface area contributed by atoms with Crippen molar-refractivity contribution >= 4 is 37.3 Å². The zero-order valence-corrected chi connectivity index (χ0v) is 16.6. The Balaban J connectivity index is 1.79. The van der Waals surface area contributed by atoms with Crippen LogP contribution in [-0.2, 0) is 16.6 Å². The average Bonchev–Trinajstić information content (AvgIpc) is 2.61. The lowest BCUT2D eigenvalue weighted by molar-refractivity contribution is 0.601. The predicted octanol–water partition coefficient (Wildman–Crippen LogP) is 5.17. The van der Waals surface area contributed by atoms with E-state index in [1.165, 1.54) is 0 Å². The lowest BCUT2D eigenvalue weighted by Gasteiger charge is -2.14. The molecule has 6 heteroatoms. The molecular weight excluding hydrogens is 412 g/mol. The molecule has 0 radical (unpaired) electrons. The van der Waals surface area contributed by atoms with Gasteiger partial charge in [-0.2, -0.15) is 0 Å². The van der Waals surface area contributed by atoms with Crippen LogP contribution in [-0.4, -0.2) is 8.42 Å². The largest absolute Gasteiger partial charge is 0.381 e. The summed E-state index contributed by atoms with van der Waals surface area (Å²) in [5.41, 5.74) is 3.40. The Morgan fingerprint density at radius 2 is 1.65 bits per heavy atom. The van der Waals surface area contributed by atoms with Crippen molar-refractivity contribution in [3.8, 4) is 0 Å². The van der Waals surface area contributed by atoms with E-state index in [1.807, 2.05) is 49.4 Å². The van der Waals surface area contributed by atoms with E-state index in [-0.39, 0.29) is 4.90 Å². The molecule has 0 spiro atoms. The van der Waals surface area contributed by atoms with Gasteiger partial charge in [-0.05, 0) is 48.9 Å². The summed E-state index contributed by atoms with van der Waals surface area (Å²) in [6, 6.07) is 22.0. The molecule has 4 nitrogen and oxygen atoms in total. The van der Waals surface area contributed by atoms with Gasteiger partial charge in [-0.25, -0.2) is 8.42 Å². The zero-order valence-electron chi connectivity index (χ0n) is 14.2. The first-order valence-electron chi connectivity index (χ1n) is 8.11. The highest BCUT2D eigenvalue weighted by Crippen LogP contribution is 2.22. The van der Waals surface area contributed by atoms with Crippen LogP contribution in [0.1, 0.15) is 11.1 Å². The Morgan fingerprint density at radius 3 is 2.38 bits per heavy atom. The molecule has 0 bridgehead atoms. The van der Waals surface area contributed by atoms with Gasteiger partial charge < -0.3 is 5.32 Å². The van der Waals surface area contributed by atoms with E-state index in [2.05, 4.69) is 26.0 Å². The molecule has 3 rings (SSSR count). The Bertz CT molecular complexity index is 1000. The summed E-state index contributed by atoms with van der Waals surface area (Å²) in [7, 11) is -3.63. The fraction of sp³-hybridized carbons (Fsp3) is 0.100. The number of halogens is 1. The number of anilines is 2. The standard InChI is InChI=1S/C20H19BrN2O2S/c1-15-9-11-19(12-10-15)26(24,25)23-20-8-3-2-5-16(20)14-22-18-7-4-6-17(21)13-18/h2-13,22-23H,14H2,1H3. The summed E-state index contributed by atoms with van der Waals surface area (Å²) >= 11 is 3.44. The van der Waals surface area contributed by atoms with Crippen LogP contribution in [0, 0.1) is 6.92 Å². The molecule has 26 heavy (non-hydrogen) atoms. The Labute approximate surface area is 162 Å². The lowest BCUT2D eigenvalue weighted by Crippen LogP contribution is -2.15. The zero-order chi connectivity index (χ0) is 18.6. The number of para-hydroxylation sites is 1. The molecule has 0 fully saturated rings. The van der Waals surface area contributed by atoms with Gasteiger partial charge in [0, 0.05) is 16.7 Å². The quantitative estimate of drug-likeness (QED) is 0.566. The maximum Gasteiger partial charge on any atom is 0.261 e. The molecule has 134 valence electrons. The predicted molar refractivity (Wildman–Crippen MR) is 110 cm³/mol. The van der Waals surface area contributed by atoms with E-state index in [9.17, 15) is 8.42 Å². The van der Waals surface area contributed by atoms with Gasteiger partial charge in [0.05, 0.1) is 10.6 Å². The van der Waals surface area contributed by atoms with Gasteiger partial charge >= 0.3 is 0 Å². The molecule has 0 atom stereocenters. The summed E-state index contributed by atoms with van der Waals surface area (Å²) in [6.45, 7) is 2.43. The average molecular weight is 431 g/mol. The minimum Gasteiger partial charge on any atom is -0.381 e. The summed E-state index contributed by atoms with van der Waals surface area (Å²) in [5.74, 6) is 0. The van der Waals surface area contributed by atoms with Crippen molar-refractivity contribution in [1.82, 2.24) is 0 Å².